The number of ether oxygens (including phenoxy) is 1. The van der Waals surface area contributed by atoms with E-state index in [2.05, 4.69) is 20.6 Å². The second-order valence-electron chi connectivity index (χ2n) is 5.01. The maximum atomic E-state index is 12.2. The summed E-state index contributed by atoms with van der Waals surface area (Å²) in [5, 5.41) is 6.07. The highest BCUT2D eigenvalue weighted by Crippen LogP contribution is 2.18. The molecule has 2 heterocycles. The van der Waals surface area contributed by atoms with Gasteiger partial charge in [-0.15, -0.1) is 24.8 Å². The highest BCUT2D eigenvalue weighted by atomic mass is 35.5. The van der Waals surface area contributed by atoms with Crippen molar-refractivity contribution in [2.45, 2.75) is 19.1 Å². The average molecular weight is 359 g/mol. The quantitative estimate of drug-likeness (QED) is 0.785. The smallest absolute Gasteiger partial charge is 0.244 e. The van der Waals surface area contributed by atoms with Crippen LogP contribution < -0.4 is 10.6 Å². The molecule has 1 fully saturated rings. The highest BCUT2D eigenvalue weighted by Gasteiger charge is 2.28. The Balaban J connectivity index is 0.00000132. The van der Waals surface area contributed by atoms with Crippen molar-refractivity contribution in [2.24, 2.45) is 0 Å². The molecule has 2 atom stereocenters. The van der Waals surface area contributed by atoms with Gasteiger partial charge in [0.15, 0.2) is 0 Å². The molecule has 1 aliphatic heterocycles. The van der Waals surface area contributed by atoms with Crippen molar-refractivity contribution in [1.29, 1.82) is 0 Å². The molecule has 1 saturated heterocycles. The fourth-order valence-electron chi connectivity index (χ4n) is 2.38. The van der Waals surface area contributed by atoms with E-state index >= 15 is 0 Å². The SMILES string of the molecule is C[C@H]1OCCN[C@@H]1C(=O)Nc1ccc(-c2ncc[nH]2)cc1.Cl.Cl. The van der Waals surface area contributed by atoms with Crippen LogP contribution >= 0.6 is 24.8 Å². The van der Waals surface area contributed by atoms with Gasteiger partial charge < -0.3 is 20.4 Å². The van der Waals surface area contributed by atoms with Gasteiger partial charge in [-0.05, 0) is 31.2 Å². The van der Waals surface area contributed by atoms with E-state index in [0.29, 0.717) is 13.2 Å². The first-order valence-corrected chi connectivity index (χ1v) is 7.00. The van der Waals surface area contributed by atoms with E-state index in [1.807, 2.05) is 31.2 Å². The molecule has 23 heavy (non-hydrogen) atoms. The fourth-order valence-corrected chi connectivity index (χ4v) is 2.38. The number of hydrogen-bond acceptors (Lipinski definition) is 4. The standard InChI is InChI=1S/C15H18N4O2.2ClH/c1-10-13(16-8-9-21-10)15(20)19-12-4-2-11(3-5-12)14-17-6-7-18-14;;/h2-7,10,13,16H,8-9H2,1H3,(H,17,18)(H,19,20);2*1H/t10-,13+;;/m1../s1. The molecule has 1 amide bonds. The van der Waals surface area contributed by atoms with E-state index in [1.165, 1.54) is 0 Å². The van der Waals surface area contributed by atoms with E-state index in [4.69, 9.17) is 4.74 Å². The number of nitrogens with one attached hydrogen (secondary N) is 3. The van der Waals surface area contributed by atoms with Crippen LogP contribution in [-0.4, -0.2) is 41.2 Å². The minimum atomic E-state index is -0.316. The number of carbonyl (C=O) groups excluding carboxylic acids is 1. The second kappa shape index (κ2) is 8.88. The summed E-state index contributed by atoms with van der Waals surface area (Å²) in [4.78, 5) is 19.5. The number of halogens is 2. The normalized spacial score (nSPS) is 20.0. The Morgan fingerprint density at radius 3 is 2.65 bits per heavy atom. The first-order valence-electron chi connectivity index (χ1n) is 7.00. The first kappa shape index (κ1) is 19.4. The predicted octanol–water partition coefficient (Wildman–Crippen LogP) is 2.24. The van der Waals surface area contributed by atoms with Gasteiger partial charge in [-0.1, -0.05) is 0 Å². The van der Waals surface area contributed by atoms with Gasteiger partial charge in [-0.2, -0.15) is 0 Å². The van der Waals surface area contributed by atoms with Crippen molar-refractivity contribution < 1.29 is 9.53 Å². The lowest BCUT2D eigenvalue weighted by Crippen LogP contribution is -2.53. The lowest BCUT2D eigenvalue weighted by molar-refractivity contribution is -0.123. The van der Waals surface area contributed by atoms with Crippen molar-refractivity contribution >= 4 is 36.4 Å². The number of rotatable bonds is 3. The van der Waals surface area contributed by atoms with Gasteiger partial charge in [-0.25, -0.2) is 4.98 Å². The number of nitrogens with zero attached hydrogens (tertiary/aromatic N) is 1. The first-order chi connectivity index (χ1) is 10.2. The zero-order valence-electron chi connectivity index (χ0n) is 12.6. The molecule has 0 saturated carbocycles. The van der Waals surface area contributed by atoms with Crippen LogP contribution in [0.1, 0.15) is 6.92 Å². The third-order valence-corrected chi connectivity index (χ3v) is 3.52. The molecule has 0 spiro atoms. The number of aromatic amines is 1. The molecule has 3 N–H and O–H groups in total. The van der Waals surface area contributed by atoms with Crippen molar-refractivity contribution in [2.75, 3.05) is 18.5 Å². The van der Waals surface area contributed by atoms with Crippen LogP contribution in [0.3, 0.4) is 0 Å². The molecule has 126 valence electrons. The van der Waals surface area contributed by atoms with Crippen molar-refractivity contribution in [3.8, 4) is 11.4 Å². The number of hydrogen-bond donors (Lipinski definition) is 3. The summed E-state index contributed by atoms with van der Waals surface area (Å²) in [6.45, 7) is 3.24. The molecule has 1 aliphatic rings. The zero-order valence-corrected chi connectivity index (χ0v) is 14.2. The minimum absolute atomic E-state index is 0. The Morgan fingerprint density at radius 2 is 2.04 bits per heavy atom. The zero-order chi connectivity index (χ0) is 14.7. The summed E-state index contributed by atoms with van der Waals surface area (Å²) in [6, 6.07) is 7.25. The number of morpholine rings is 1. The summed E-state index contributed by atoms with van der Waals surface area (Å²) >= 11 is 0. The van der Waals surface area contributed by atoms with Crippen LogP contribution in [0.25, 0.3) is 11.4 Å². The van der Waals surface area contributed by atoms with Crippen LogP contribution in [0.15, 0.2) is 36.7 Å². The van der Waals surface area contributed by atoms with Gasteiger partial charge in [0.2, 0.25) is 5.91 Å². The molecule has 0 aliphatic carbocycles. The third kappa shape index (κ3) is 4.68. The number of amides is 1. The summed E-state index contributed by atoms with van der Waals surface area (Å²) in [6.07, 6.45) is 3.36. The van der Waals surface area contributed by atoms with E-state index < -0.39 is 0 Å². The number of carbonyl (C=O) groups is 1. The van der Waals surface area contributed by atoms with Crippen molar-refractivity contribution in [3.05, 3.63) is 36.7 Å². The molecule has 3 rings (SSSR count). The van der Waals surface area contributed by atoms with Crippen molar-refractivity contribution in [1.82, 2.24) is 15.3 Å². The lowest BCUT2D eigenvalue weighted by atomic mass is 10.1. The molecular weight excluding hydrogens is 339 g/mol. The van der Waals surface area contributed by atoms with Gasteiger partial charge in [0.05, 0.1) is 12.7 Å². The van der Waals surface area contributed by atoms with Crippen LogP contribution in [0.4, 0.5) is 5.69 Å². The molecule has 0 radical (unpaired) electrons. The van der Waals surface area contributed by atoms with Crippen LogP contribution in [-0.2, 0) is 9.53 Å². The monoisotopic (exact) mass is 358 g/mol. The second-order valence-corrected chi connectivity index (χ2v) is 5.01. The molecule has 0 unspecified atom stereocenters. The van der Waals surface area contributed by atoms with Gasteiger partial charge in [0.1, 0.15) is 11.9 Å². The molecule has 8 heteroatoms. The van der Waals surface area contributed by atoms with E-state index in [-0.39, 0.29) is 42.9 Å². The minimum Gasteiger partial charge on any atom is -0.375 e. The molecule has 1 aromatic heterocycles. The number of aromatic nitrogens is 2. The Labute approximate surface area is 147 Å². The lowest BCUT2D eigenvalue weighted by Gasteiger charge is -2.29. The number of H-pyrrole nitrogens is 1. The maximum absolute atomic E-state index is 12.2. The molecule has 1 aromatic carbocycles. The van der Waals surface area contributed by atoms with Crippen LogP contribution in [0.2, 0.25) is 0 Å². The Morgan fingerprint density at radius 1 is 1.30 bits per heavy atom. The van der Waals surface area contributed by atoms with Gasteiger partial charge in [0, 0.05) is 30.2 Å². The number of anilines is 1. The molecule has 2 aromatic rings. The van der Waals surface area contributed by atoms with E-state index in [0.717, 1.165) is 17.1 Å². The van der Waals surface area contributed by atoms with Gasteiger partial charge >= 0.3 is 0 Å². The Kier molecular flexibility index (Phi) is 7.51. The topological polar surface area (TPSA) is 79.0 Å². The largest absolute Gasteiger partial charge is 0.375 e. The molecule has 6 nitrogen and oxygen atoms in total. The van der Waals surface area contributed by atoms with Gasteiger partial charge in [-0.3, -0.25) is 4.79 Å². The molecule has 0 bridgehead atoms. The average Bonchev–Trinajstić information content (AvgIpc) is 3.02. The predicted molar refractivity (Wildman–Crippen MR) is 94.4 cm³/mol. The van der Waals surface area contributed by atoms with Gasteiger partial charge in [0.25, 0.3) is 0 Å². The number of imidazole rings is 1. The fraction of sp³-hybridized carbons (Fsp3) is 0.333. The van der Waals surface area contributed by atoms with E-state index in [1.54, 1.807) is 12.4 Å². The Bertz CT molecular complexity index is 604. The summed E-state index contributed by atoms with van der Waals surface area (Å²) in [5.41, 5.74) is 1.74. The summed E-state index contributed by atoms with van der Waals surface area (Å²) in [7, 11) is 0. The van der Waals surface area contributed by atoms with Crippen LogP contribution in [0.5, 0.6) is 0 Å². The van der Waals surface area contributed by atoms with Crippen LogP contribution in [0, 0.1) is 0 Å². The highest BCUT2D eigenvalue weighted by molar-refractivity contribution is 5.95. The summed E-state index contributed by atoms with van der Waals surface area (Å²) < 4.78 is 5.48. The van der Waals surface area contributed by atoms with Crippen molar-refractivity contribution in [3.63, 3.8) is 0 Å². The maximum Gasteiger partial charge on any atom is 0.244 e. The molecular formula is C15H20Cl2N4O2. The summed E-state index contributed by atoms with van der Waals surface area (Å²) in [5.74, 6) is 0.733. The van der Waals surface area contributed by atoms with E-state index in [9.17, 15) is 4.79 Å². The third-order valence-electron chi connectivity index (χ3n) is 3.52. The number of benzene rings is 1. The Hall–Kier alpha value is -1.60.